The van der Waals surface area contributed by atoms with E-state index in [1.165, 1.54) is 0 Å². The number of aryl methyl sites for hydroxylation is 1. The summed E-state index contributed by atoms with van der Waals surface area (Å²) in [7, 11) is 0. The maximum atomic E-state index is 12.4. The molecule has 0 fully saturated rings. The Bertz CT molecular complexity index is 874. The molecule has 0 aliphatic carbocycles. The van der Waals surface area contributed by atoms with Gasteiger partial charge in [0.25, 0.3) is 5.91 Å². The van der Waals surface area contributed by atoms with E-state index in [1.807, 2.05) is 60.0 Å². The number of nitrogens with one attached hydrogen (secondary N) is 1. The van der Waals surface area contributed by atoms with Crippen LogP contribution in [0.15, 0.2) is 72.1 Å². The van der Waals surface area contributed by atoms with E-state index in [1.54, 1.807) is 23.5 Å². The minimum absolute atomic E-state index is 0.263. The molecular formula is C22H21NO3S. The Hall–Kier alpha value is -2.92. The third-order valence-corrected chi connectivity index (χ3v) is 5.14. The average molecular weight is 379 g/mol. The second-order valence-corrected chi connectivity index (χ2v) is 7.03. The fourth-order valence-corrected chi connectivity index (χ4v) is 3.52. The summed E-state index contributed by atoms with van der Waals surface area (Å²) in [5.41, 5.74) is 2.57. The summed E-state index contributed by atoms with van der Waals surface area (Å²) in [5, 5.41) is 4.92. The van der Waals surface area contributed by atoms with Crippen molar-refractivity contribution in [3.63, 3.8) is 0 Å². The quantitative estimate of drug-likeness (QED) is 0.620. The molecule has 3 aromatic rings. The number of hydrogen-bond acceptors (Lipinski definition) is 4. The van der Waals surface area contributed by atoms with Crippen LogP contribution in [-0.4, -0.2) is 18.5 Å². The predicted molar refractivity (Wildman–Crippen MR) is 107 cm³/mol. The number of carbonyl (C=O) groups is 2. The number of hydrogen-bond donors (Lipinski definition) is 1. The SMILES string of the molecule is CCc1ccc(C(=O)OCC(=O)N[C@@H](c2ccccc2)c2cccs2)cc1. The third-order valence-electron chi connectivity index (χ3n) is 4.20. The lowest BCUT2D eigenvalue weighted by Gasteiger charge is -2.18. The van der Waals surface area contributed by atoms with Crippen molar-refractivity contribution in [3.8, 4) is 0 Å². The summed E-state index contributed by atoms with van der Waals surface area (Å²) in [5.74, 6) is -0.837. The van der Waals surface area contributed by atoms with Gasteiger partial charge in [-0.3, -0.25) is 4.79 Å². The predicted octanol–water partition coefficient (Wildman–Crippen LogP) is 4.37. The molecule has 3 rings (SSSR count). The van der Waals surface area contributed by atoms with Crippen molar-refractivity contribution in [2.75, 3.05) is 6.61 Å². The van der Waals surface area contributed by atoms with E-state index in [9.17, 15) is 9.59 Å². The van der Waals surface area contributed by atoms with Crippen molar-refractivity contribution in [1.29, 1.82) is 0 Å². The van der Waals surface area contributed by atoms with Gasteiger partial charge >= 0.3 is 5.97 Å². The van der Waals surface area contributed by atoms with Crippen LogP contribution in [0.1, 0.15) is 39.3 Å². The monoisotopic (exact) mass is 379 g/mol. The Morgan fingerprint density at radius 2 is 1.74 bits per heavy atom. The van der Waals surface area contributed by atoms with Crippen molar-refractivity contribution in [1.82, 2.24) is 5.32 Å². The van der Waals surface area contributed by atoms with Crippen molar-refractivity contribution >= 4 is 23.2 Å². The van der Waals surface area contributed by atoms with Gasteiger partial charge in [0.05, 0.1) is 11.6 Å². The van der Waals surface area contributed by atoms with Gasteiger partial charge in [-0.2, -0.15) is 0 Å². The molecule has 0 saturated heterocycles. The summed E-state index contributed by atoms with van der Waals surface area (Å²) in [4.78, 5) is 25.5. The van der Waals surface area contributed by atoms with Crippen molar-refractivity contribution in [2.45, 2.75) is 19.4 Å². The summed E-state index contributed by atoms with van der Waals surface area (Å²) < 4.78 is 5.17. The van der Waals surface area contributed by atoms with Gasteiger partial charge in [-0.1, -0.05) is 55.5 Å². The molecule has 1 N–H and O–H groups in total. The van der Waals surface area contributed by atoms with E-state index in [-0.39, 0.29) is 18.6 Å². The fraction of sp³-hybridized carbons (Fsp3) is 0.182. The van der Waals surface area contributed by atoms with Crippen LogP contribution in [0.25, 0.3) is 0 Å². The molecule has 1 atom stereocenters. The van der Waals surface area contributed by atoms with Crippen molar-refractivity contribution < 1.29 is 14.3 Å². The summed E-state index contributed by atoms with van der Waals surface area (Å²) in [6.45, 7) is 1.73. The van der Waals surface area contributed by atoms with Gasteiger partial charge < -0.3 is 10.1 Å². The summed E-state index contributed by atoms with van der Waals surface area (Å²) >= 11 is 1.57. The van der Waals surface area contributed by atoms with E-state index in [0.29, 0.717) is 5.56 Å². The van der Waals surface area contributed by atoms with E-state index in [2.05, 4.69) is 12.2 Å². The highest BCUT2D eigenvalue weighted by molar-refractivity contribution is 7.10. The lowest BCUT2D eigenvalue weighted by atomic mass is 10.1. The van der Waals surface area contributed by atoms with Crippen LogP contribution in [-0.2, 0) is 16.0 Å². The first-order chi connectivity index (χ1) is 13.2. The number of ether oxygens (including phenoxy) is 1. The van der Waals surface area contributed by atoms with Crippen LogP contribution in [0, 0.1) is 0 Å². The molecule has 138 valence electrons. The van der Waals surface area contributed by atoms with E-state index >= 15 is 0 Å². The number of carbonyl (C=O) groups excluding carboxylic acids is 2. The van der Waals surface area contributed by atoms with E-state index < -0.39 is 5.97 Å². The first-order valence-corrected chi connectivity index (χ1v) is 9.69. The number of thiophene rings is 1. The molecule has 0 spiro atoms. The lowest BCUT2D eigenvalue weighted by molar-refractivity contribution is -0.124. The zero-order valence-electron chi connectivity index (χ0n) is 15.1. The Kier molecular flexibility index (Phi) is 6.39. The molecule has 0 aliphatic rings. The largest absolute Gasteiger partial charge is 0.452 e. The van der Waals surface area contributed by atoms with Crippen molar-refractivity contribution in [2.24, 2.45) is 0 Å². The average Bonchev–Trinajstić information content (AvgIpc) is 3.25. The van der Waals surface area contributed by atoms with Crippen LogP contribution in [0.4, 0.5) is 0 Å². The first kappa shape index (κ1) is 18.9. The van der Waals surface area contributed by atoms with E-state index in [4.69, 9.17) is 4.74 Å². The van der Waals surface area contributed by atoms with Gasteiger partial charge in [-0.15, -0.1) is 11.3 Å². The number of benzene rings is 2. The Morgan fingerprint density at radius 1 is 1.00 bits per heavy atom. The highest BCUT2D eigenvalue weighted by Crippen LogP contribution is 2.25. The molecule has 27 heavy (non-hydrogen) atoms. The molecule has 2 aromatic carbocycles. The highest BCUT2D eigenvalue weighted by Gasteiger charge is 2.19. The molecule has 1 amide bonds. The lowest BCUT2D eigenvalue weighted by Crippen LogP contribution is -2.32. The third kappa shape index (κ3) is 5.05. The zero-order valence-corrected chi connectivity index (χ0v) is 15.9. The maximum Gasteiger partial charge on any atom is 0.338 e. The molecule has 1 aromatic heterocycles. The van der Waals surface area contributed by atoms with E-state index in [0.717, 1.165) is 22.4 Å². The van der Waals surface area contributed by atoms with Crippen molar-refractivity contribution in [3.05, 3.63) is 93.7 Å². The van der Waals surface area contributed by atoms with Gasteiger partial charge in [0.2, 0.25) is 0 Å². The highest BCUT2D eigenvalue weighted by atomic mass is 32.1. The Labute approximate surface area is 162 Å². The minimum Gasteiger partial charge on any atom is -0.452 e. The number of esters is 1. The molecule has 5 heteroatoms. The topological polar surface area (TPSA) is 55.4 Å². The molecule has 0 radical (unpaired) electrons. The van der Waals surface area contributed by atoms with Gasteiger partial charge in [0.1, 0.15) is 0 Å². The standard InChI is InChI=1S/C22H21NO3S/c1-2-16-10-12-18(13-11-16)22(25)26-15-20(24)23-21(19-9-6-14-27-19)17-7-4-3-5-8-17/h3-14,21H,2,15H2,1H3,(H,23,24)/t21-/m0/s1. The molecule has 0 aliphatic heterocycles. The van der Waals surface area contributed by atoms with Gasteiger partial charge in [-0.25, -0.2) is 4.79 Å². The zero-order chi connectivity index (χ0) is 19.1. The summed E-state index contributed by atoms with van der Waals surface area (Å²) in [6, 6.07) is 20.6. The minimum atomic E-state index is -0.500. The Balaban J connectivity index is 1.61. The smallest absolute Gasteiger partial charge is 0.338 e. The maximum absolute atomic E-state index is 12.4. The van der Waals surface area contributed by atoms with Crippen LogP contribution >= 0.6 is 11.3 Å². The molecule has 4 nitrogen and oxygen atoms in total. The fourth-order valence-electron chi connectivity index (χ4n) is 2.71. The molecule has 0 bridgehead atoms. The van der Waals surface area contributed by atoms with Crippen LogP contribution in [0.3, 0.4) is 0 Å². The molecule has 1 heterocycles. The first-order valence-electron chi connectivity index (χ1n) is 8.81. The van der Waals surface area contributed by atoms with Crippen LogP contribution < -0.4 is 5.32 Å². The van der Waals surface area contributed by atoms with Gasteiger partial charge in [-0.05, 0) is 41.1 Å². The second kappa shape index (κ2) is 9.14. The molecule has 0 saturated carbocycles. The molecule has 0 unspecified atom stereocenters. The second-order valence-electron chi connectivity index (χ2n) is 6.05. The van der Waals surface area contributed by atoms with Gasteiger partial charge in [0.15, 0.2) is 6.61 Å². The normalized spacial score (nSPS) is 11.6. The number of rotatable bonds is 7. The summed E-state index contributed by atoms with van der Waals surface area (Å²) in [6.07, 6.45) is 0.904. The Morgan fingerprint density at radius 3 is 2.37 bits per heavy atom. The molecular weight excluding hydrogens is 358 g/mol. The number of amides is 1. The van der Waals surface area contributed by atoms with Gasteiger partial charge in [0, 0.05) is 4.88 Å². The van der Waals surface area contributed by atoms with Crippen LogP contribution in [0.5, 0.6) is 0 Å². The van der Waals surface area contributed by atoms with Crippen LogP contribution in [0.2, 0.25) is 0 Å².